The molecular weight excluding hydrogens is 295 g/mol. The summed E-state index contributed by atoms with van der Waals surface area (Å²) < 4.78 is 13.4. The van der Waals surface area contributed by atoms with Crippen LogP contribution >= 0.6 is 23.4 Å². The van der Waals surface area contributed by atoms with Crippen LogP contribution < -0.4 is 5.73 Å². The van der Waals surface area contributed by atoms with Gasteiger partial charge in [-0.25, -0.2) is 9.37 Å². The van der Waals surface area contributed by atoms with E-state index in [0.717, 1.165) is 12.0 Å². The van der Waals surface area contributed by atoms with Crippen molar-refractivity contribution in [2.45, 2.75) is 29.7 Å². The van der Waals surface area contributed by atoms with Crippen LogP contribution in [-0.4, -0.2) is 11.0 Å². The second-order valence-electron chi connectivity index (χ2n) is 4.46. The van der Waals surface area contributed by atoms with Crippen molar-refractivity contribution in [3.05, 3.63) is 59.0 Å². The van der Waals surface area contributed by atoms with Crippen molar-refractivity contribution in [1.29, 1.82) is 0 Å². The zero-order chi connectivity index (χ0) is 14.5. The lowest BCUT2D eigenvalue weighted by Gasteiger charge is -2.23. The van der Waals surface area contributed by atoms with Crippen molar-refractivity contribution in [1.82, 2.24) is 4.98 Å². The Hall–Kier alpha value is -1.10. The lowest BCUT2D eigenvalue weighted by atomic mass is 10.0. The van der Waals surface area contributed by atoms with Gasteiger partial charge in [0.2, 0.25) is 0 Å². The van der Waals surface area contributed by atoms with Crippen LogP contribution in [0.5, 0.6) is 0 Å². The van der Waals surface area contributed by atoms with Crippen LogP contribution in [0.2, 0.25) is 5.02 Å². The maximum Gasteiger partial charge on any atom is 0.123 e. The third kappa shape index (κ3) is 3.72. The highest BCUT2D eigenvalue weighted by atomic mass is 35.5. The molecule has 0 fully saturated rings. The van der Waals surface area contributed by atoms with Crippen molar-refractivity contribution < 1.29 is 4.39 Å². The van der Waals surface area contributed by atoms with Gasteiger partial charge in [0.05, 0.1) is 10.3 Å². The van der Waals surface area contributed by atoms with E-state index in [4.69, 9.17) is 17.3 Å². The summed E-state index contributed by atoms with van der Waals surface area (Å²) in [6, 6.07) is 9.99. The Morgan fingerprint density at radius 1 is 1.35 bits per heavy atom. The highest BCUT2D eigenvalue weighted by Gasteiger charge is 2.22. The molecule has 0 saturated heterocycles. The molecule has 0 amide bonds. The van der Waals surface area contributed by atoms with Crippen LogP contribution in [0.15, 0.2) is 47.6 Å². The van der Waals surface area contributed by atoms with Crippen LogP contribution in [0, 0.1) is 5.82 Å². The average molecular weight is 311 g/mol. The molecule has 2 aromatic rings. The summed E-state index contributed by atoms with van der Waals surface area (Å²) in [5, 5.41) is 1.22. The Kier molecular flexibility index (Phi) is 5.40. The van der Waals surface area contributed by atoms with Crippen LogP contribution in [0.25, 0.3) is 0 Å². The molecule has 0 aliphatic carbocycles. The monoisotopic (exact) mass is 310 g/mol. The van der Waals surface area contributed by atoms with Crippen LogP contribution in [0.1, 0.15) is 24.2 Å². The molecule has 106 valence electrons. The summed E-state index contributed by atoms with van der Waals surface area (Å²) in [4.78, 5) is 4.26. The molecule has 5 heteroatoms. The lowest BCUT2D eigenvalue weighted by molar-refractivity contribution is 0.609. The molecular formula is C15H16ClFN2S. The van der Waals surface area contributed by atoms with Gasteiger partial charge in [0.1, 0.15) is 10.8 Å². The predicted octanol–water partition coefficient (Wildman–Crippen LogP) is 4.44. The first-order chi connectivity index (χ1) is 9.61. The molecule has 1 aromatic carbocycles. The van der Waals surface area contributed by atoms with Gasteiger partial charge in [0, 0.05) is 12.2 Å². The van der Waals surface area contributed by atoms with Gasteiger partial charge in [-0.3, -0.25) is 0 Å². The van der Waals surface area contributed by atoms with E-state index in [2.05, 4.69) is 4.98 Å². The topological polar surface area (TPSA) is 38.9 Å². The summed E-state index contributed by atoms with van der Waals surface area (Å²) >= 11 is 7.61. The Morgan fingerprint density at radius 2 is 2.15 bits per heavy atom. The Bertz CT molecular complexity index is 579. The molecule has 0 bridgehead atoms. The van der Waals surface area contributed by atoms with Crippen molar-refractivity contribution in [2.75, 3.05) is 0 Å². The van der Waals surface area contributed by atoms with Gasteiger partial charge in [-0.2, -0.15) is 0 Å². The average Bonchev–Trinajstić information content (AvgIpc) is 2.45. The minimum absolute atomic E-state index is 0.0805. The van der Waals surface area contributed by atoms with Crippen molar-refractivity contribution in [3.63, 3.8) is 0 Å². The molecule has 1 aromatic heterocycles. The smallest absolute Gasteiger partial charge is 0.123 e. The van der Waals surface area contributed by atoms with Crippen molar-refractivity contribution in [2.24, 2.45) is 5.73 Å². The van der Waals surface area contributed by atoms with E-state index in [9.17, 15) is 4.39 Å². The number of thioether (sulfide) groups is 1. The lowest BCUT2D eigenvalue weighted by Crippen LogP contribution is -2.25. The fourth-order valence-corrected chi connectivity index (χ4v) is 3.33. The second kappa shape index (κ2) is 7.07. The zero-order valence-corrected chi connectivity index (χ0v) is 12.7. The molecule has 0 saturated carbocycles. The van der Waals surface area contributed by atoms with E-state index in [0.29, 0.717) is 10.0 Å². The summed E-state index contributed by atoms with van der Waals surface area (Å²) in [5.74, 6) is -0.261. The molecule has 2 unspecified atom stereocenters. The largest absolute Gasteiger partial charge is 0.326 e. The molecule has 0 aliphatic rings. The standard InChI is InChI=1S/C15H16ClFN2S/c1-2-13(18)14(10-5-3-6-11(17)9-10)20-15-12(16)7-4-8-19-15/h3-9,13-14H,2,18H2,1H3. The Balaban J connectivity index is 2.31. The van der Waals surface area contributed by atoms with Crippen molar-refractivity contribution in [3.8, 4) is 0 Å². The molecule has 20 heavy (non-hydrogen) atoms. The van der Waals surface area contributed by atoms with Crippen LogP contribution in [0.3, 0.4) is 0 Å². The van der Waals surface area contributed by atoms with Gasteiger partial charge in [-0.15, -0.1) is 0 Å². The molecule has 0 radical (unpaired) electrons. The quantitative estimate of drug-likeness (QED) is 0.830. The normalized spacial score (nSPS) is 14.0. The highest BCUT2D eigenvalue weighted by Crippen LogP contribution is 2.39. The number of nitrogens with zero attached hydrogens (tertiary/aromatic N) is 1. The SMILES string of the molecule is CCC(N)C(Sc1ncccc1Cl)c1cccc(F)c1. The maximum absolute atomic E-state index is 13.4. The first-order valence-corrected chi connectivity index (χ1v) is 7.65. The van der Waals surface area contributed by atoms with Gasteiger partial charge in [0.25, 0.3) is 0 Å². The molecule has 1 heterocycles. The molecule has 2 nitrogen and oxygen atoms in total. The number of hydrogen-bond donors (Lipinski definition) is 1. The van der Waals surface area contributed by atoms with E-state index in [1.165, 1.54) is 23.9 Å². The highest BCUT2D eigenvalue weighted by molar-refractivity contribution is 7.99. The second-order valence-corrected chi connectivity index (χ2v) is 5.99. The number of hydrogen-bond acceptors (Lipinski definition) is 3. The maximum atomic E-state index is 13.4. The third-order valence-electron chi connectivity index (χ3n) is 3.00. The molecule has 2 N–H and O–H groups in total. The molecule has 0 spiro atoms. The summed E-state index contributed by atoms with van der Waals surface area (Å²) in [6.07, 6.45) is 2.48. The van der Waals surface area contributed by atoms with Crippen LogP contribution in [0.4, 0.5) is 4.39 Å². The van der Waals surface area contributed by atoms with Crippen LogP contribution in [-0.2, 0) is 0 Å². The van der Waals surface area contributed by atoms with E-state index in [-0.39, 0.29) is 17.1 Å². The van der Waals surface area contributed by atoms with Gasteiger partial charge < -0.3 is 5.73 Å². The molecule has 2 atom stereocenters. The minimum Gasteiger partial charge on any atom is -0.326 e. The molecule has 2 rings (SSSR count). The zero-order valence-electron chi connectivity index (χ0n) is 11.1. The first kappa shape index (κ1) is 15.3. The van der Waals surface area contributed by atoms with E-state index in [1.54, 1.807) is 24.4 Å². The summed E-state index contributed by atoms with van der Waals surface area (Å²) in [6.45, 7) is 2.01. The predicted molar refractivity (Wildman–Crippen MR) is 82.5 cm³/mol. The van der Waals surface area contributed by atoms with Gasteiger partial charge in [-0.05, 0) is 36.2 Å². The molecule has 0 aliphatic heterocycles. The Morgan fingerprint density at radius 3 is 2.80 bits per heavy atom. The van der Waals surface area contributed by atoms with Gasteiger partial charge >= 0.3 is 0 Å². The van der Waals surface area contributed by atoms with E-state index >= 15 is 0 Å². The fourth-order valence-electron chi connectivity index (χ4n) is 1.88. The number of pyridine rings is 1. The third-order valence-corrected chi connectivity index (χ3v) is 4.84. The number of nitrogens with two attached hydrogens (primary N) is 1. The van der Waals surface area contributed by atoms with Gasteiger partial charge in [0.15, 0.2) is 0 Å². The van der Waals surface area contributed by atoms with Gasteiger partial charge in [-0.1, -0.05) is 42.4 Å². The number of aromatic nitrogens is 1. The summed E-state index contributed by atoms with van der Waals surface area (Å²) in [5.41, 5.74) is 7.04. The number of benzene rings is 1. The first-order valence-electron chi connectivity index (χ1n) is 6.40. The minimum atomic E-state index is -0.261. The summed E-state index contributed by atoms with van der Waals surface area (Å²) in [7, 11) is 0. The van der Waals surface area contributed by atoms with E-state index < -0.39 is 0 Å². The Labute approximate surface area is 127 Å². The number of rotatable bonds is 5. The van der Waals surface area contributed by atoms with E-state index in [1.807, 2.05) is 13.0 Å². The number of halogens is 2. The van der Waals surface area contributed by atoms with Crippen molar-refractivity contribution >= 4 is 23.4 Å². The fraction of sp³-hybridized carbons (Fsp3) is 0.267.